The molecule has 150 valence electrons. The van der Waals surface area contributed by atoms with Crippen molar-refractivity contribution in [2.45, 2.75) is 0 Å². The first-order chi connectivity index (χ1) is 14.6. The van der Waals surface area contributed by atoms with Gasteiger partial charge in [0.2, 0.25) is 0 Å². The fraction of sp³-hybridized carbons (Fsp3) is 0.208. The molecule has 0 saturated carbocycles. The molecule has 0 bridgehead atoms. The van der Waals surface area contributed by atoms with Gasteiger partial charge in [0, 0.05) is 54.5 Å². The highest BCUT2D eigenvalue weighted by molar-refractivity contribution is 5.98. The lowest BCUT2D eigenvalue weighted by Gasteiger charge is -2.14. The molecule has 1 aliphatic heterocycles. The van der Waals surface area contributed by atoms with Crippen molar-refractivity contribution in [1.82, 2.24) is 24.6 Å². The third kappa shape index (κ3) is 3.15. The van der Waals surface area contributed by atoms with Crippen molar-refractivity contribution >= 4 is 16.5 Å². The molecular weight excluding hydrogens is 374 g/mol. The van der Waals surface area contributed by atoms with Crippen LogP contribution in [0, 0.1) is 0 Å². The van der Waals surface area contributed by atoms with E-state index in [2.05, 4.69) is 46.2 Å². The first-order valence-electron chi connectivity index (χ1n) is 9.94. The molecule has 0 radical (unpaired) electrons. The zero-order valence-electron chi connectivity index (χ0n) is 17.3. The number of hydrogen-bond donors (Lipinski definition) is 0. The van der Waals surface area contributed by atoms with E-state index in [9.17, 15) is 0 Å². The molecular formula is C24H23N5O. The molecule has 0 unspecified atom stereocenters. The van der Waals surface area contributed by atoms with Crippen LogP contribution in [0.4, 0.5) is 0 Å². The maximum absolute atomic E-state index is 5.71. The molecule has 6 heteroatoms. The molecule has 6 nitrogen and oxygen atoms in total. The van der Waals surface area contributed by atoms with Crippen LogP contribution < -0.4 is 4.74 Å². The van der Waals surface area contributed by atoms with Gasteiger partial charge in [-0.1, -0.05) is 36.4 Å². The fourth-order valence-electron chi connectivity index (χ4n) is 4.07. The van der Waals surface area contributed by atoms with Gasteiger partial charge in [-0.15, -0.1) is 0 Å². The van der Waals surface area contributed by atoms with Gasteiger partial charge >= 0.3 is 0 Å². The van der Waals surface area contributed by atoms with E-state index in [1.54, 1.807) is 13.4 Å². The van der Waals surface area contributed by atoms with Crippen LogP contribution in [0.1, 0.15) is 5.56 Å². The summed E-state index contributed by atoms with van der Waals surface area (Å²) < 4.78 is 7.55. The van der Waals surface area contributed by atoms with Gasteiger partial charge in [0.05, 0.1) is 18.3 Å². The third-order valence-electron chi connectivity index (χ3n) is 5.52. The number of ether oxygens (including phenoxy) is 1. The molecule has 2 aromatic carbocycles. The maximum atomic E-state index is 5.71. The number of nitrogens with zero attached hydrogens (tertiary/aromatic N) is 5. The quantitative estimate of drug-likeness (QED) is 0.520. The van der Waals surface area contributed by atoms with Gasteiger partial charge in [-0.05, 0) is 18.7 Å². The number of aryl methyl sites for hydroxylation is 1. The van der Waals surface area contributed by atoms with Crippen LogP contribution in [0.5, 0.6) is 5.75 Å². The molecule has 30 heavy (non-hydrogen) atoms. The van der Waals surface area contributed by atoms with Crippen molar-refractivity contribution in [2.75, 3.05) is 27.2 Å². The van der Waals surface area contributed by atoms with Gasteiger partial charge in [-0.2, -0.15) is 5.10 Å². The first-order valence-corrected chi connectivity index (χ1v) is 9.94. The summed E-state index contributed by atoms with van der Waals surface area (Å²) in [4.78, 5) is 11.5. The summed E-state index contributed by atoms with van der Waals surface area (Å²) in [5.41, 5.74) is 7.06. The normalized spacial score (nSPS) is 14.3. The Morgan fingerprint density at radius 2 is 1.80 bits per heavy atom. The lowest BCUT2D eigenvalue weighted by molar-refractivity contribution is 0.412. The second kappa shape index (κ2) is 7.39. The summed E-state index contributed by atoms with van der Waals surface area (Å²) in [7, 11) is 5.76. The van der Waals surface area contributed by atoms with Gasteiger partial charge in [-0.25, -0.2) is 9.97 Å². The third-order valence-corrected chi connectivity index (χ3v) is 5.52. The van der Waals surface area contributed by atoms with Gasteiger partial charge in [-0.3, -0.25) is 9.58 Å². The maximum Gasteiger partial charge on any atom is 0.128 e. The SMILES string of the molecule is COc1cc2ncnc(-c3cn(C)nc3-c3ccccc3)c2cc1C1=CCN(C)C1. The van der Waals surface area contributed by atoms with Gasteiger partial charge in [0.25, 0.3) is 0 Å². The molecule has 3 heterocycles. The summed E-state index contributed by atoms with van der Waals surface area (Å²) in [6.45, 7) is 1.84. The van der Waals surface area contributed by atoms with E-state index in [-0.39, 0.29) is 0 Å². The number of likely N-dealkylation sites (N-methyl/N-ethyl adjacent to an activating group) is 1. The zero-order valence-corrected chi connectivity index (χ0v) is 17.3. The van der Waals surface area contributed by atoms with Gasteiger partial charge in [0.1, 0.15) is 17.8 Å². The Morgan fingerprint density at radius 1 is 0.967 bits per heavy atom. The van der Waals surface area contributed by atoms with Gasteiger partial charge in [0.15, 0.2) is 0 Å². The Bertz CT molecular complexity index is 1260. The van der Waals surface area contributed by atoms with Crippen LogP contribution in [-0.2, 0) is 7.05 Å². The number of benzene rings is 2. The summed E-state index contributed by atoms with van der Waals surface area (Å²) in [6, 6.07) is 14.4. The smallest absolute Gasteiger partial charge is 0.128 e. The molecule has 0 amide bonds. The Kier molecular flexibility index (Phi) is 4.56. The molecule has 0 atom stereocenters. The molecule has 0 spiro atoms. The average molecular weight is 397 g/mol. The minimum atomic E-state index is 0.836. The predicted molar refractivity (Wildman–Crippen MR) is 119 cm³/mol. The summed E-state index contributed by atoms with van der Waals surface area (Å²) in [6.07, 6.45) is 5.89. The fourth-order valence-corrected chi connectivity index (χ4v) is 4.07. The molecule has 1 aliphatic rings. The van der Waals surface area contributed by atoms with Crippen LogP contribution in [0.15, 0.2) is 61.1 Å². The minimum absolute atomic E-state index is 0.836. The average Bonchev–Trinajstić information content (AvgIpc) is 3.38. The van der Waals surface area contributed by atoms with Crippen LogP contribution >= 0.6 is 0 Å². The molecule has 0 saturated heterocycles. The van der Waals surface area contributed by atoms with E-state index < -0.39 is 0 Å². The molecule has 2 aromatic heterocycles. The van der Waals surface area contributed by atoms with Gasteiger partial charge < -0.3 is 4.74 Å². The largest absolute Gasteiger partial charge is 0.496 e. The van der Waals surface area contributed by atoms with Crippen LogP contribution in [0.2, 0.25) is 0 Å². The summed E-state index contributed by atoms with van der Waals surface area (Å²) >= 11 is 0. The highest BCUT2D eigenvalue weighted by Crippen LogP contribution is 2.38. The van der Waals surface area contributed by atoms with E-state index in [1.807, 2.05) is 42.2 Å². The van der Waals surface area contributed by atoms with Crippen molar-refractivity contribution in [1.29, 1.82) is 0 Å². The molecule has 5 rings (SSSR count). The standard InChI is InChI=1S/C24H23N5O/c1-28-10-9-17(13-28)18-11-19-21(12-22(18)30-3)25-15-26-24(19)20-14-29(2)27-23(20)16-7-5-4-6-8-16/h4-9,11-12,14-15H,10,13H2,1-3H3. The minimum Gasteiger partial charge on any atom is -0.496 e. The van der Waals surface area contributed by atoms with Crippen LogP contribution in [0.25, 0.3) is 39.0 Å². The van der Waals surface area contributed by atoms with Crippen LogP contribution in [-0.4, -0.2) is 51.9 Å². The lowest BCUT2D eigenvalue weighted by Crippen LogP contribution is -2.13. The van der Waals surface area contributed by atoms with Crippen molar-refractivity contribution in [3.05, 3.63) is 66.6 Å². The van der Waals surface area contributed by atoms with Crippen molar-refractivity contribution in [3.63, 3.8) is 0 Å². The van der Waals surface area contributed by atoms with E-state index in [1.165, 1.54) is 5.57 Å². The number of rotatable bonds is 4. The Balaban J connectivity index is 1.74. The highest BCUT2D eigenvalue weighted by atomic mass is 16.5. The van der Waals surface area contributed by atoms with E-state index >= 15 is 0 Å². The molecule has 4 aromatic rings. The number of aromatic nitrogens is 4. The predicted octanol–water partition coefficient (Wildman–Crippen LogP) is 4.03. The van der Waals surface area contributed by atoms with Crippen molar-refractivity contribution in [2.24, 2.45) is 7.05 Å². The molecule has 0 aliphatic carbocycles. The van der Waals surface area contributed by atoms with Crippen molar-refractivity contribution in [3.8, 4) is 28.3 Å². The highest BCUT2D eigenvalue weighted by Gasteiger charge is 2.20. The van der Waals surface area contributed by atoms with E-state index in [0.29, 0.717) is 0 Å². The number of hydrogen-bond acceptors (Lipinski definition) is 5. The Morgan fingerprint density at radius 3 is 2.53 bits per heavy atom. The Hall–Kier alpha value is -3.51. The number of fused-ring (bicyclic) bond motifs is 1. The molecule has 0 fully saturated rings. The van der Waals surface area contributed by atoms with E-state index in [0.717, 1.165) is 57.8 Å². The molecule has 0 N–H and O–H groups in total. The van der Waals surface area contributed by atoms with E-state index in [4.69, 9.17) is 9.84 Å². The zero-order chi connectivity index (χ0) is 20.7. The first kappa shape index (κ1) is 18.5. The van der Waals surface area contributed by atoms with Crippen molar-refractivity contribution < 1.29 is 4.74 Å². The topological polar surface area (TPSA) is 56.1 Å². The second-order valence-corrected chi connectivity index (χ2v) is 7.65. The Labute approximate surface area is 175 Å². The summed E-state index contributed by atoms with van der Waals surface area (Å²) in [5, 5.41) is 5.72. The monoisotopic (exact) mass is 397 g/mol. The lowest BCUT2D eigenvalue weighted by atomic mass is 9.98. The summed E-state index contributed by atoms with van der Waals surface area (Å²) in [5.74, 6) is 0.836. The number of methoxy groups -OCH3 is 1. The second-order valence-electron chi connectivity index (χ2n) is 7.65. The van der Waals surface area contributed by atoms with Crippen LogP contribution in [0.3, 0.4) is 0 Å².